The first-order valence-corrected chi connectivity index (χ1v) is 9.53. The van der Waals surface area contributed by atoms with Crippen LogP contribution in [0.5, 0.6) is 0 Å². The molecule has 0 radical (unpaired) electrons. The third-order valence-electron chi connectivity index (χ3n) is 3.52. The first kappa shape index (κ1) is 19.3. The van der Waals surface area contributed by atoms with Gasteiger partial charge in [-0.15, -0.1) is 0 Å². The predicted molar refractivity (Wildman–Crippen MR) is 102 cm³/mol. The Morgan fingerprint density at radius 2 is 1.92 bits per heavy atom. The van der Waals surface area contributed by atoms with Gasteiger partial charge >= 0.3 is 6.03 Å². The van der Waals surface area contributed by atoms with Gasteiger partial charge in [-0.05, 0) is 38.3 Å². The summed E-state index contributed by atoms with van der Waals surface area (Å²) in [6.07, 6.45) is 1.08. The van der Waals surface area contributed by atoms with E-state index in [0.29, 0.717) is 5.92 Å². The number of nitrogens with one attached hydrogen (secondary N) is 2. The molecule has 136 valence electrons. The average molecular weight is 362 g/mol. The Balaban J connectivity index is 2.14. The van der Waals surface area contributed by atoms with Gasteiger partial charge in [-0.3, -0.25) is 10.1 Å². The Kier molecular flexibility index (Phi) is 6.87. The third kappa shape index (κ3) is 5.77. The predicted octanol–water partition coefficient (Wildman–Crippen LogP) is 3.41. The SMILES string of the molecule is CC(C)CCSc1nc2ccccc2n1CC(=O)NC(=O)NC(C)C. The van der Waals surface area contributed by atoms with E-state index in [0.717, 1.165) is 28.4 Å². The van der Waals surface area contributed by atoms with E-state index in [9.17, 15) is 9.59 Å². The highest BCUT2D eigenvalue weighted by Crippen LogP contribution is 2.25. The molecule has 0 fully saturated rings. The first-order chi connectivity index (χ1) is 11.9. The third-order valence-corrected chi connectivity index (χ3v) is 4.53. The highest BCUT2D eigenvalue weighted by atomic mass is 32.2. The van der Waals surface area contributed by atoms with Gasteiger partial charge in [0.05, 0.1) is 11.0 Å². The molecule has 0 atom stereocenters. The van der Waals surface area contributed by atoms with Crippen molar-refractivity contribution in [1.82, 2.24) is 20.2 Å². The summed E-state index contributed by atoms with van der Waals surface area (Å²) in [5.74, 6) is 1.21. The maximum absolute atomic E-state index is 12.3. The molecule has 2 rings (SSSR count). The van der Waals surface area contributed by atoms with Crippen molar-refractivity contribution in [2.45, 2.75) is 51.9 Å². The number of fused-ring (bicyclic) bond motifs is 1. The topological polar surface area (TPSA) is 76.0 Å². The molecular weight excluding hydrogens is 336 g/mol. The molecule has 7 heteroatoms. The zero-order valence-corrected chi connectivity index (χ0v) is 16.0. The molecule has 1 aromatic heterocycles. The van der Waals surface area contributed by atoms with Gasteiger partial charge in [-0.1, -0.05) is 37.7 Å². The van der Waals surface area contributed by atoms with Gasteiger partial charge < -0.3 is 9.88 Å². The van der Waals surface area contributed by atoms with Crippen molar-refractivity contribution < 1.29 is 9.59 Å². The number of urea groups is 1. The molecule has 0 aliphatic heterocycles. The lowest BCUT2D eigenvalue weighted by Gasteiger charge is -2.11. The van der Waals surface area contributed by atoms with Crippen molar-refractivity contribution >= 4 is 34.7 Å². The molecule has 0 spiro atoms. The van der Waals surface area contributed by atoms with E-state index in [1.54, 1.807) is 11.8 Å². The maximum Gasteiger partial charge on any atom is 0.321 e. The number of aromatic nitrogens is 2. The van der Waals surface area contributed by atoms with Crippen LogP contribution in [0.4, 0.5) is 4.79 Å². The molecule has 0 saturated carbocycles. The van der Waals surface area contributed by atoms with Crippen molar-refractivity contribution in [2.24, 2.45) is 5.92 Å². The van der Waals surface area contributed by atoms with Crippen LogP contribution in [0.1, 0.15) is 34.1 Å². The molecule has 0 aliphatic carbocycles. The number of amides is 3. The number of benzene rings is 1. The zero-order chi connectivity index (χ0) is 18.4. The molecule has 0 bridgehead atoms. The largest absolute Gasteiger partial charge is 0.336 e. The van der Waals surface area contributed by atoms with Crippen LogP contribution >= 0.6 is 11.8 Å². The Morgan fingerprint density at radius 1 is 1.20 bits per heavy atom. The lowest BCUT2D eigenvalue weighted by Crippen LogP contribution is -2.43. The molecule has 0 aliphatic rings. The van der Waals surface area contributed by atoms with Crippen molar-refractivity contribution in [2.75, 3.05) is 5.75 Å². The van der Waals surface area contributed by atoms with E-state index in [1.807, 2.05) is 42.7 Å². The normalized spacial score (nSPS) is 11.3. The number of imidazole rings is 1. The van der Waals surface area contributed by atoms with Gasteiger partial charge in [0.2, 0.25) is 5.91 Å². The van der Waals surface area contributed by atoms with Gasteiger partial charge in [0.1, 0.15) is 6.54 Å². The summed E-state index contributed by atoms with van der Waals surface area (Å²) in [4.78, 5) is 28.6. The van der Waals surface area contributed by atoms with Crippen LogP contribution in [0.25, 0.3) is 11.0 Å². The number of hydrogen-bond donors (Lipinski definition) is 2. The summed E-state index contributed by atoms with van der Waals surface area (Å²) in [6.45, 7) is 8.12. The maximum atomic E-state index is 12.3. The van der Waals surface area contributed by atoms with E-state index in [1.165, 1.54) is 0 Å². The highest BCUT2D eigenvalue weighted by molar-refractivity contribution is 7.99. The monoisotopic (exact) mass is 362 g/mol. The van der Waals surface area contributed by atoms with Crippen LogP contribution in [0.2, 0.25) is 0 Å². The number of imide groups is 1. The minimum absolute atomic E-state index is 0.0241. The van der Waals surface area contributed by atoms with E-state index in [4.69, 9.17) is 0 Å². The summed E-state index contributed by atoms with van der Waals surface area (Å²) in [7, 11) is 0. The van der Waals surface area contributed by atoms with E-state index in [2.05, 4.69) is 29.5 Å². The smallest absolute Gasteiger partial charge is 0.321 e. The summed E-state index contributed by atoms with van der Waals surface area (Å²) in [5, 5.41) is 5.83. The Hall–Kier alpha value is -2.02. The quantitative estimate of drug-likeness (QED) is 0.740. The van der Waals surface area contributed by atoms with Crippen molar-refractivity contribution in [1.29, 1.82) is 0 Å². The Morgan fingerprint density at radius 3 is 2.60 bits per heavy atom. The van der Waals surface area contributed by atoms with Gasteiger partial charge in [-0.2, -0.15) is 0 Å². The van der Waals surface area contributed by atoms with E-state index in [-0.39, 0.29) is 18.5 Å². The minimum Gasteiger partial charge on any atom is -0.336 e. The highest BCUT2D eigenvalue weighted by Gasteiger charge is 2.16. The number of rotatable bonds is 7. The Labute approximate surface area is 152 Å². The standard InChI is InChI=1S/C18H26N4O2S/c1-12(2)9-10-25-18-20-14-7-5-6-8-15(14)22(18)11-16(23)21-17(24)19-13(3)4/h5-8,12-13H,9-11H2,1-4H3,(H2,19,21,23,24). The van der Waals surface area contributed by atoms with Crippen LogP contribution in [-0.2, 0) is 11.3 Å². The molecule has 1 heterocycles. The molecule has 0 saturated heterocycles. The number of nitrogens with zero attached hydrogens (tertiary/aromatic N) is 2. The molecular formula is C18H26N4O2S. The fraction of sp³-hybridized carbons (Fsp3) is 0.500. The fourth-order valence-corrected chi connectivity index (χ4v) is 3.56. The van der Waals surface area contributed by atoms with Gasteiger partial charge in [0.15, 0.2) is 5.16 Å². The Bertz CT molecular complexity index is 740. The lowest BCUT2D eigenvalue weighted by molar-refractivity contribution is -0.120. The molecule has 6 nitrogen and oxygen atoms in total. The number of thioether (sulfide) groups is 1. The van der Waals surface area contributed by atoms with Crippen molar-refractivity contribution in [3.63, 3.8) is 0 Å². The lowest BCUT2D eigenvalue weighted by atomic mass is 10.2. The minimum atomic E-state index is -0.474. The van der Waals surface area contributed by atoms with Crippen LogP contribution in [0.3, 0.4) is 0 Å². The van der Waals surface area contributed by atoms with E-state index < -0.39 is 6.03 Å². The molecule has 25 heavy (non-hydrogen) atoms. The van der Waals surface area contributed by atoms with E-state index >= 15 is 0 Å². The van der Waals surface area contributed by atoms with Gasteiger partial charge in [-0.25, -0.2) is 9.78 Å². The number of para-hydroxylation sites is 2. The summed E-state index contributed by atoms with van der Waals surface area (Å²) < 4.78 is 1.87. The van der Waals surface area contributed by atoms with Gasteiger partial charge in [0.25, 0.3) is 0 Å². The van der Waals surface area contributed by atoms with Crippen molar-refractivity contribution in [3.8, 4) is 0 Å². The summed E-state index contributed by atoms with van der Waals surface area (Å²) >= 11 is 1.64. The number of carbonyl (C=O) groups excluding carboxylic acids is 2. The number of hydrogen-bond acceptors (Lipinski definition) is 4. The molecule has 1 aromatic carbocycles. The van der Waals surface area contributed by atoms with Crippen molar-refractivity contribution in [3.05, 3.63) is 24.3 Å². The second kappa shape index (κ2) is 8.89. The molecule has 2 aromatic rings. The first-order valence-electron chi connectivity index (χ1n) is 8.55. The number of carbonyl (C=O) groups is 2. The average Bonchev–Trinajstić information content (AvgIpc) is 2.84. The summed E-state index contributed by atoms with van der Waals surface area (Å²) in [5.41, 5.74) is 1.75. The van der Waals surface area contributed by atoms with Gasteiger partial charge in [0, 0.05) is 11.8 Å². The van der Waals surface area contributed by atoms with Crippen LogP contribution < -0.4 is 10.6 Å². The molecule has 0 unspecified atom stereocenters. The zero-order valence-electron chi connectivity index (χ0n) is 15.2. The summed E-state index contributed by atoms with van der Waals surface area (Å²) in [6, 6.07) is 7.23. The van der Waals surface area contributed by atoms with Crippen LogP contribution in [-0.4, -0.2) is 33.3 Å². The van der Waals surface area contributed by atoms with Crippen LogP contribution in [0.15, 0.2) is 29.4 Å². The molecule has 2 N–H and O–H groups in total. The van der Waals surface area contributed by atoms with Crippen LogP contribution in [0, 0.1) is 5.92 Å². The second-order valence-corrected chi connectivity index (χ2v) is 7.74. The molecule has 3 amide bonds. The fourth-order valence-electron chi connectivity index (χ4n) is 2.31. The second-order valence-electron chi connectivity index (χ2n) is 6.68.